The molecular weight excluding hydrogens is 315 g/mol. The van der Waals surface area contributed by atoms with Crippen LogP contribution in [0.1, 0.15) is 30.6 Å². The summed E-state index contributed by atoms with van der Waals surface area (Å²) in [6, 6.07) is 1.48. The van der Waals surface area contributed by atoms with Gasteiger partial charge in [-0.3, -0.25) is 9.59 Å². The normalized spacial score (nSPS) is 10.6. The Balaban J connectivity index is 2.87. The van der Waals surface area contributed by atoms with Crippen LogP contribution in [0.25, 0.3) is 0 Å². The highest BCUT2D eigenvalue weighted by Crippen LogP contribution is 2.20. The molecule has 0 saturated carbocycles. The summed E-state index contributed by atoms with van der Waals surface area (Å²) in [5.74, 6) is -0.329. The van der Waals surface area contributed by atoms with Gasteiger partial charge in [-0.25, -0.2) is 4.98 Å². The summed E-state index contributed by atoms with van der Waals surface area (Å²) < 4.78 is 4.60. The van der Waals surface area contributed by atoms with Crippen LogP contribution >= 0.6 is 23.2 Å². The molecule has 0 unspecified atom stereocenters. The Morgan fingerprint density at radius 2 is 2.05 bits per heavy atom. The number of hydrogen-bond donors (Lipinski definition) is 0. The third kappa shape index (κ3) is 5.52. The summed E-state index contributed by atoms with van der Waals surface area (Å²) in [6.07, 6.45) is 1.52. The number of hydrogen-bond acceptors (Lipinski definition) is 4. The second-order valence-electron chi connectivity index (χ2n) is 4.97. The van der Waals surface area contributed by atoms with E-state index in [1.54, 1.807) is 4.90 Å². The molecule has 0 atom stereocenters. The van der Waals surface area contributed by atoms with Crippen molar-refractivity contribution in [3.63, 3.8) is 0 Å². The first-order valence-electron chi connectivity index (χ1n) is 6.52. The standard InChI is InChI=1S/C14H18Cl2N2O3/c1-9(2)8-18(5-4-12(19)21-3)14(20)10-6-11(15)13(16)17-7-10/h6-7,9H,4-5,8H2,1-3H3. The molecule has 0 radical (unpaired) electrons. The number of esters is 1. The predicted molar refractivity (Wildman–Crippen MR) is 81.6 cm³/mol. The minimum absolute atomic E-state index is 0.143. The Morgan fingerprint density at radius 3 is 2.57 bits per heavy atom. The summed E-state index contributed by atoms with van der Waals surface area (Å²) in [5, 5.41) is 0.373. The van der Waals surface area contributed by atoms with Gasteiger partial charge in [-0.2, -0.15) is 0 Å². The average molecular weight is 333 g/mol. The second-order valence-corrected chi connectivity index (χ2v) is 5.73. The molecule has 0 N–H and O–H groups in total. The van der Waals surface area contributed by atoms with Crippen LogP contribution in [0.5, 0.6) is 0 Å². The maximum absolute atomic E-state index is 12.5. The molecule has 0 spiro atoms. The van der Waals surface area contributed by atoms with E-state index in [1.165, 1.54) is 19.4 Å². The fourth-order valence-electron chi connectivity index (χ4n) is 1.77. The lowest BCUT2D eigenvalue weighted by Gasteiger charge is -2.24. The minimum atomic E-state index is -0.358. The largest absolute Gasteiger partial charge is 0.469 e. The van der Waals surface area contributed by atoms with Crippen molar-refractivity contribution in [1.29, 1.82) is 0 Å². The number of carbonyl (C=O) groups is 2. The quantitative estimate of drug-likeness (QED) is 0.593. The molecule has 1 rings (SSSR count). The molecule has 7 heteroatoms. The molecule has 0 saturated heterocycles. The molecule has 0 bridgehead atoms. The van der Waals surface area contributed by atoms with Gasteiger partial charge in [-0.1, -0.05) is 37.0 Å². The van der Waals surface area contributed by atoms with Gasteiger partial charge in [0.05, 0.1) is 24.1 Å². The van der Waals surface area contributed by atoms with Gasteiger partial charge in [0, 0.05) is 19.3 Å². The number of carbonyl (C=O) groups excluding carboxylic acids is 2. The number of pyridine rings is 1. The van der Waals surface area contributed by atoms with Crippen LogP contribution in [0.3, 0.4) is 0 Å². The Kier molecular flexibility index (Phi) is 6.92. The highest BCUT2D eigenvalue weighted by molar-refractivity contribution is 6.41. The van der Waals surface area contributed by atoms with E-state index in [9.17, 15) is 9.59 Å². The highest BCUT2D eigenvalue weighted by atomic mass is 35.5. The SMILES string of the molecule is COC(=O)CCN(CC(C)C)C(=O)c1cnc(Cl)c(Cl)c1. The van der Waals surface area contributed by atoms with Gasteiger partial charge in [-0.05, 0) is 12.0 Å². The number of rotatable bonds is 6. The zero-order valence-electron chi connectivity index (χ0n) is 12.2. The number of halogens is 2. The lowest BCUT2D eigenvalue weighted by atomic mass is 10.1. The van der Waals surface area contributed by atoms with Gasteiger partial charge >= 0.3 is 5.97 Å². The summed E-state index contributed by atoms with van der Waals surface area (Å²) in [7, 11) is 1.32. The first-order valence-corrected chi connectivity index (χ1v) is 7.27. The van der Waals surface area contributed by atoms with Crippen molar-refractivity contribution in [2.45, 2.75) is 20.3 Å². The van der Waals surface area contributed by atoms with Crippen molar-refractivity contribution >= 4 is 35.1 Å². The summed E-state index contributed by atoms with van der Waals surface area (Å²) in [4.78, 5) is 29.2. The molecule has 1 aromatic heterocycles. The Bertz CT molecular complexity index is 521. The number of ether oxygens (including phenoxy) is 1. The van der Waals surface area contributed by atoms with Crippen molar-refractivity contribution in [2.24, 2.45) is 5.92 Å². The van der Waals surface area contributed by atoms with E-state index < -0.39 is 0 Å². The van der Waals surface area contributed by atoms with E-state index in [0.29, 0.717) is 12.1 Å². The molecule has 21 heavy (non-hydrogen) atoms. The maximum Gasteiger partial charge on any atom is 0.307 e. The van der Waals surface area contributed by atoms with Crippen molar-refractivity contribution in [3.8, 4) is 0 Å². The van der Waals surface area contributed by atoms with Crippen molar-refractivity contribution < 1.29 is 14.3 Å². The molecule has 1 amide bonds. The summed E-state index contributed by atoms with van der Waals surface area (Å²) >= 11 is 11.6. The molecule has 0 aliphatic carbocycles. The Hall–Kier alpha value is -1.33. The fourth-order valence-corrected chi connectivity index (χ4v) is 2.04. The molecule has 116 valence electrons. The van der Waals surface area contributed by atoms with Crippen LogP contribution in [0, 0.1) is 5.92 Å². The van der Waals surface area contributed by atoms with E-state index in [0.717, 1.165) is 0 Å². The minimum Gasteiger partial charge on any atom is -0.469 e. The number of nitrogens with zero attached hydrogens (tertiary/aromatic N) is 2. The molecule has 1 heterocycles. The number of aromatic nitrogens is 1. The zero-order valence-corrected chi connectivity index (χ0v) is 13.7. The first kappa shape index (κ1) is 17.7. The van der Waals surface area contributed by atoms with E-state index in [4.69, 9.17) is 23.2 Å². The monoisotopic (exact) mass is 332 g/mol. The van der Waals surface area contributed by atoms with Gasteiger partial charge in [0.15, 0.2) is 0 Å². The van der Waals surface area contributed by atoms with Gasteiger partial charge < -0.3 is 9.64 Å². The third-order valence-corrected chi connectivity index (χ3v) is 3.42. The van der Waals surface area contributed by atoms with Crippen LogP contribution in [0.4, 0.5) is 0 Å². The van der Waals surface area contributed by atoms with E-state index in [1.807, 2.05) is 13.8 Å². The van der Waals surface area contributed by atoms with Crippen molar-refractivity contribution in [1.82, 2.24) is 9.88 Å². The van der Waals surface area contributed by atoms with Crippen LogP contribution in [0.15, 0.2) is 12.3 Å². The maximum atomic E-state index is 12.5. The lowest BCUT2D eigenvalue weighted by molar-refractivity contribution is -0.140. The summed E-state index contributed by atoms with van der Waals surface area (Å²) in [6.45, 7) is 4.79. The van der Waals surface area contributed by atoms with E-state index in [-0.39, 0.29) is 40.9 Å². The molecule has 0 aliphatic heterocycles. The number of methoxy groups -OCH3 is 1. The van der Waals surface area contributed by atoms with Gasteiger partial charge in [0.2, 0.25) is 0 Å². The van der Waals surface area contributed by atoms with Crippen LogP contribution in [0.2, 0.25) is 10.2 Å². The molecule has 0 aromatic carbocycles. The number of amides is 1. The summed E-state index contributed by atoms with van der Waals surface area (Å²) in [5.41, 5.74) is 0.343. The van der Waals surface area contributed by atoms with Crippen molar-refractivity contribution in [2.75, 3.05) is 20.2 Å². The molecule has 0 aliphatic rings. The molecule has 5 nitrogen and oxygen atoms in total. The fraction of sp³-hybridized carbons (Fsp3) is 0.500. The Morgan fingerprint density at radius 1 is 1.38 bits per heavy atom. The second kappa shape index (κ2) is 8.20. The average Bonchev–Trinajstić information content (AvgIpc) is 2.44. The van der Waals surface area contributed by atoms with Gasteiger partial charge in [-0.15, -0.1) is 0 Å². The molecular formula is C14H18Cl2N2O3. The van der Waals surface area contributed by atoms with Gasteiger partial charge in [0.25, 0.3) is 5.91 Å². The molecule has 1 aromatic rings. The Labute approximate surface area is 134 Å². The van der Waals surface area contributed by atoms with E-state index in [2.05, 4.69) is 9.72 Å². The van der Waals surface area contributed by atoms with Crippen LogP contribution in [-0.2, 0) is 9.53 Å². The molecule has 0 fully saturated rings. The van der Waals surface area contributed by atoms with Crippen LogP contribution in [-0.4, -0.2) is 42.0 Å². The highest BCUT2D eigenvalue weighted by Gasteiger charge is 2.19. The topological polar surface area (TPSA) is 59.5 Å². The third-order valence-electron chi connectivity index (χ3n) is 2.73. The van der Waals surface area contributed by atoms with E-state index >= 15 is 0 Å². The predicted octanol–water partition coefficient (Wildman–Crippen LogP) is 3.05. The van der Waals surface area contributed by atoms with Crippen LogP contribution < -0.4 is 0 Å². The van der Waals surface area contributed by atoms with Crippen molar-refractivity contribution in [3.05, 3.63) is 28.0 Å². The van der Waals surface area contributed by atoms with Gasteiger partial charge in [0.1, 0.15) is 5.15 Å². The lowest BCUT2D eigenvalue weighted by Crippen LogP contribution is -2.36. The first-order chi connectivity index (χ1) is 9.85. The smallest absolute Gasteiger partial charge is 0.307 e. The zero-order chi connectivity index (χ0) is 16.0.